The van der Waals surface area contributed by atoms with Crippen LogP contribution in [0.4, 0.5) is 0 Å². The molecule has 156 valence electrons. The number of carboxylic acids is 1. The number of carboxylic acid groups (broad SMARTS) is 1. The second-order valence-electron chi connectivity index (χ2n) is 8.77. The minimum Gasteiger partial charge on any atom is -0.481 e. The molecule has 1 aromatic rings. The molecule has 5 nitrogen and oxygen atoms in total. The van der Waals surface area contributed by atoms with Gasteiger partial charge in [-0.25, -0.2) is 0 Å². The minimum atomic E-state index is -0.791. The van der Waals surface area contributed by atoms with Gasteiger partial charge in [0.25, 0.3) is 0 Å². The van der Waals surface area contributed by atoms with Crippen molar-refractivity contribution in [2.24, 2.45) is 11.8 Å². The van der Waals surface area contributed by atoms with Crippen molar-refractivity contribution in [3.8, 4) is 0 Å². The Balaban J connectivity index is 1.56. The molecule has 0 aromatic heterocycles. The van der Waals surface area contributed by atoms with Gasteiger partial charge in [-0.05, 0) is 69.3 Å². The van der Waals surface area contributed by atoms with Gasteiger partial charge in [-0.3, -0.25) is 4.79 Å². The van der Waals surface area contributed by atoms with Gasteiger partial charge < -0.3 is 19.7 Å². The van der Waals surface area contributed by atoms with Gasteiger partial charge in [-0.1, -0.05) is 30.3 Å². The molecule has 28 heavy (non-hydrogen) atoms. The summed E-state index contributed by atoms with van der Waals surface area (Å²) in [6.07, 6.45) is 6.89. The normalized spacial score (nSPS) is 30.1. The Hall–Kier alpha value is -1.43. The molecule has 2 fully saturated rings. The lowest BCUT2D eigenvalue weighted by molar-refractivity contribution is -0.197. The van der Waals surface area contributed by atoms with Gasteiger partial charge in [0.2, 0.25) is 0 Å². The standard InChI is InChI=1S/C23H34O5/c1-23(26,16-17-7-3-2-4-8-17)13-12-18-10-11-20(19(18)15-21(24)25)28-22-9-5-6-14-27-22/h2-4,7-8,18-20,22,26H,5-6,9-16H2,1H3,(H,24,25). The summed E-state index contributed by atoms with van der Waals surface area (Å²) >= 11 is 0. The number of ether oxygens (including phenoxy) is 2. The lowest BCUT2D eigenvalue weighted by atomic mass is 9.83. The summed E-state index contributed by atoms with van der Waals surface area (Å²) in [4.78, 5) is 11.4. The van der Waals surface area contributed by atoms with E-state index in [0.717, 1.165) is 50.7 Å². The predicted molar refractivity (Wildman–Crippen MR) is 107 cm³/mol. The van der Waals surface area contributed by atoms with Crippen molar-refractivity contribution >= 4 is 5.97 Å². The number of benzene rings is 1. The van der Waals surface area contributed by atoms with Crippen molar-refractivity contribution in [1.82, 2.24) is 0 Å². The average Bonchev–Trinajstić information content (AvgIpc) is 3.02. The van der Waals surface area contributed by atoms with Gasteiger partial charge in [0.15, 0.2) is 6.29 Å². The first-order valence-electron chi connectivity index (χ1n) is 10.7. The van der Waals surface area contributed by atoms with E-state index in [-0.39, 0.29) is 30.7 Å². The fourth-order valence-corrected chi connectivity index (χ4v) is 4.77. The van der Waals surface area contributed by atoms with E-state index in [1.54, 1.807) is 0 Å². The maximum atomic E-state index is 11.4. The fourth-order valence-electron chi connectivity index (χ4n) is 4.77. The molecule has 5 atom stereocenters. The maximum Gasteiger partial charge on any atom is 0.303 e. The van der Waals surface area contributed by atoms with E-state index in [9.17, 15) is 15.0 Å². The molecule has 3 rings (SSSR count). The first kappa shape index (κ1) is 21.3. The summed E-state index contributed by atoms with van der Waals surface area (Å²) in [7, 11) is 0. The molecule has 1 aliphatic carbocycles. The molecule has 1 saturated heterocycles. The van der Waals surface area contributed by atoms with E-state index in [1.807, 2.05) is 37.3 Å². The molecule has 2 aliphatic rings. The van der Waals surface area contributed by atoms with Gasteiger partial charge in [0.05, 0.1) is 18.1 Å². The summed E-state index contributed by atoms with van der Waals surface area (Å²) in [5.74, 6) is -0.506. The van der Waals surface area contributed by atoms with Crippen molar-refractivity contribution < 1.29 is 24.5 Å². The van der Waals surface area contributed by atoms with Crippen molar-refractivity contribution in [1.29, 1.82) is 0 Å². The largest absolute Gasteiger partial charge is 0.481 e. The highest BCUT2D eigenvalue weighted by atomic mass is 16.7. The lowest BCUT2D eigenvalue weighted by Crippen LogP contribution is -2.33. The van der Waals surface area contributed by atoms with Crippen LogP contribution in [-0.4, -0.2) is 40.8 Å². The Morgan fingerprint density at radius 3 is 2.68 bits per heavy atom. The lowest BCUT2D eigenvalue weighted by Gasteiger charge is -2.31. The molecular weight excluding hydrogens is 356 g/mol. The summed E-state index contributed by atoms with van der Waals surface area (Å²) in [6, 6.07) is 10.0. The molecule has 2 N–H and O–H groups in total. The Bertz CT molecular complexity index is 609. The number of aliphatic carboxylic acids is 1. The average molecular weight is 391 g/mol. The Morgan fingerprint density at radius 2 is 2.00 bits per heavy atom. The van der Waals surface area contributed by atoms with Gasteiger partial charge in [-0.15, -0.1) is 0 Å². The van der Waals surface area contributed by atoms with Gasteiger partial charge in [0.1, 0.15) is 0 Å². The van der Waals surface area contributed by atoms with Crippen molar-refractivity contribution in [3.05, 3.63) is 35.9 Å². The van der Waals surface area contributed by atoms with E-state index < -0.39 is 11.6 Å². The molecular formula is C23H34O5. The molecule has 1 aliphatic heterocycles. The molecule has 5 heteroatoms. The number of hydrogen-bond acceptors (Lipinski definition) is 4. The SMILES string of the molecule is CC(O)(CCC1CCC(OC2CCCCO2)C1CC(=O)O)Cc1ccccc1. The minimum absolute atomic E-state index is 0.00412. The van der Waals surface area contributed by atoms with Crippen LogP contribution in [0.3, 0.4) is 0 Å². The Labute approximate surface area is 168 Å². The summed E-state index contributed by atoms with van der Waals surface area (Å²) in [5.41, 5.74) is 0.331. The van der Waals surface area contributed by atoms with Crippen LogP contribution in [0.15, 0.2) is 30.3 Å². The van der Waals surface area contributed by atoms with E-state index >= 15 is 0 Å². The van der Waals surface area contributed by atoms with Crippen molar-refractivity contribution in [2.45, 2.75) is 82.7 Å². The summed E-state index contributed by atoms with van der Waals surface area (Å²) < 4.78 is 11.9. The molecule has 1 heterocycles. The van der Waals surface area contributed by atoms with Crippen LogP contribution < -0.4 is 0 Å². The monoisotopic (exact) mass is 390 g/mol. The number of carbonyl (C=O) groups is 1. The third-order valence-electron chi connectivity index (χ3n) is 6.26. The van der Waals surface area contributed by atoms with Crippen LogP contribution in [0.1, 0.15) is 63.9 Å². The second-order valence-corrected chi connectivity index (χ2v) is 8.77. The van der Waals surface area contributed by atoms with E-state index in [0.29, 0.717) is 12.8 Å². The Morgan fingerprint density at radius 1 is 1.21 bits per heavy atom. The van der Waals surface area contributed by atoms with Crippen LogP contribution in [-0.2, 0) is 20.7 Å². The molecule has 0 amide bonds. The first-order chi connectivity index (χ1) is 13.4. The molecule has 0 radical (unpaired) electrons. The van der Waals surface area contributed by atoms with Crippen LogP contribution in [0.2, 0.25) is 0 Å². The molecule has 1 saturated carbocycles. The Kier molecular flexibility index (Phi) is 7.49. The van der Waals surface area contributed by atoms with Gasteiger partial charge in [-0.2, -0.15) is 0 Å². The highest BCUT2D eigenvalue weighted by Gasteiger charge is 2.40. The molecule has 1 aromatic carbocycles. The number of hydrogen-bond donors (Lipinski definition) is 2. The molecule has 5 unspecified atom stereocenters. The van der Waals surface area contributed by atoms with Crippen molar-refractivity contribution in [3.63, 3.8) is 0 Å². The summed E-state index contributed by atoms with van der Waals surface area (Å²) in [6.45, 7) is 2.61. The van der Waals surface area contributed by atoms with Crippen LogP contribution in [0.25, 0.3) is 0 Å². The van der Waals surface area contributed by atoms with Crippen LogP contribution in [0, 0.1) is 11.8 Å². The molecule has 0 spiro atoms. The quantitative estimate of drug-likeness (QED) is 0.662. The second kappa shape index (κ2) is 9.86. The van der Waals surface area contributed by atoms with Crippen LogP contribution in [0.5, 0.6) is 0 Å². The zero-order valence-electron chi connectivity index (χ0n) is 16.9. The summed E-state index contributed by atoms with van der Waals surface area (Å²) in [5, 5.41) is 20.3. The predicted octanol–water partition coefficient (Wildman–Crippen LogP) is 4.17. The van der Waals surface area contributed by atoms with Crippen LogP contribution >= 0.6 is 0 Å². The van der Waals surface area contributed by atoms with E-state index in [4.69, 9.17) is 9.47 Å². The van der Waals surface area contributed by atoms with E-state index in [2.05, 4.69) is 0 Å². The van der Waals surface area contributed by atoms with E-state index in [1.165, 1.54) is 0 Å². The fraction of sp³-hybridized carbons (Fsp3) is 0.696. The smallest absolute Gasteiger partial charge is 0.303 e. The maximum absolute atomic E-state index is 11.4. The number of rotatable bonds is 9. The highest BCUT2D eigenvalue weighted by molar-refractivity contribution is 5.67. The van der Waals surface area contributed by atoms with Crippen molar-refractivity contribution in [2.75, 3.05) is 6.61 Å². The third-order valence-corrected chi connectivity index (χ3v) is 6.26. The first-order valence-corrected chi connectivity index (χ1v) is 10.7. The van der Waals surface area contributed by atoms with Gasteiger partial charge in [0, 0.05) is 13.0 Å². The molecule has 0 bridgehead atoms. The van der Waals surface area contributed by atoms with Gasteiger partial charge >= 0.3 is 5.97 Å². The zero-order valence-corrected chi connectivity index (χ0v) is 16.9. The topological polar surface area (TPSA) is 76.0 Å². The zero-order chi connectivity index (χ0) is 20.0. The third kappa shape index (κ3) is 6.29. The number of aliphatic hydroxyl groups is 1. The highest BCUT2D eigenvalue weighted by Crippen LogP contribution is 2.41.